The van der Waals surface area contributed by atoms with E-state index in [0.29, 0.717) is 0 Å². The lowest BCUT2D eigenvalue weighted by molar-refractivity contribution is 0.673. The zero-order valence-electron chi connectivity index (χ0n) is 28.0. The SMILES string of the molecule is c1ccc(-n2c3ccccc3c3cccc(-n4c5ccccc5c5ccc6c7ccc8c9ccccc9n(-c9ccccc9)c8c7oc6c54)c32)cc1. The van der Waals surface area contributed by atoms with E-state index in [4.69, 9.17) is 4.42 Å². The van der Waals surface area contributed by atoms with Gasteiger partial charge in [-0.25, -0.2) is 0 Å². The number of para-hydroxylation sites is 6. The summed E-state index contributed by atoms with van der Waals surface area (Å²) in [6, 6.07) is 63.3. The summed E-state index contributed by atoms with van der Waals surface area (Å²) < 4.78 is 14.5. The molecule has 52 heavy (non-hydrogen) atoms. The Morgan fingerprint density at radius 1 is 0.269 bits per heavy atom. The number of hydrogen-bond donors (Lipinski definition) is 0. The summed E-state index contributed by atoms with van der Waals surface area (Å²) in [6.07, 6.45) is 0. The average molecular weight is 664 g/mol. The second-order valence-corrected chi connectivity index (χ2v) is 13.7. The molecule has 0 aliphatic carbocycles. The van der Waals surface area contributed by atoms with Crippen LogP contribution < -0.4 is 0 Å². The summed E-state index contributed by atoms with van der Waals surface area (Å²) >= 11 is 0. The largest absolute Gasteiger partial charge is 0.452 e. The molecule has 4 nitrogen and oxygen atoms in total. The fraction of sp³-hybridized carbons (Fsp3) is 0. The van der Waals surface area contributed by atoms with Crippen LogP contribution in [-0.4, -0.2) is 13.7 Å². The van der Waals surface area contributed by atoms with E-state index < -0.39 is 0 Å². The molecule has 0 fully saturated rings. The van der Waals surface area contributed by atoms with Crippen molar-refractivity contribution in [1.29, 1.82) is 0 Å². The molecule has 0 spiro atoms. The molecule has 242 valence electrons. The minimum atomic E-state index is 0.889. The van der Waals surface area contributed by atoms with Crippen LogP contribution in [0.5, 0.6) is 0 Å². The van der Waals surface area contributed by atoms with Crippen LogP contribution in [0.1, 0.15) is 0 Å². The topological polar surface area (TPSA) is 27.9 Å². The van der Waals surface area contributed by atoms with E-state index in [1.807, 2.05) is 0 Å². The molecular weight excluding hydrogens is 635 g/mol. The van der Waals surface area contributed by atoms with Gasteiger partial charge in [-0.15, -0.1) is 0 Å². The third-order valence-electron chi connectivity index (χ3n) is 11.0. The first-order valence-corrected chi connectivity index (χ1v) is 17.8. The van der Waals surface area contributed by atoms with Gasteiger partial charge in [0.1, 0.15) is 0 Å². The fourth-order valence-electron chi connectivity index (χ4n) is 8.91. The second-order valence-electron chi connectivity index (χ2n) is 13.7. The number of nitrogens with zero attached hydrogens (tertiary/aromatic N) is 3. The number of fused-ring (bicyclic) bond motifs is 14. The average Bonchev–Trinajstić information content (AvgIpc) is 3.95. The summed E-state index contributed by atoms with van der Waals surface area (Å²) in [6.45, 7) is 0. The molecule has 4 aromatic heterocycles. The number of rotatable bonds is 3. The van der Waals surface area contributed by atoms with Crippen molar-refractivity contribution in [3.63, 3.8) is 0 Å². The Hall–Kier alpha value is -7.04. The van der Waals surface area contributed by atoms with Gasteiger partial charge in [0.25, 0.3) is 0 Å². The van der Waals surface area contributed by atoms with Gasteiger partial charge in [0.05, 0.1) is 38.8 Å². The van der Waals surface area contributed by atoms with Gasteiger partial charge in [-0.05, 0) is 60.7 Å². The van der Waals surface area contributed by atoms with Crippen molar-refractivity contribution in [1.82, 2.24) is 13.7 Å². The van der Waals surface area contributed by atoms with E-state index in [1.165, 1.54) is 37.8 Å². The van der Waals surface area contributed by atoms with Gasteiger partial charge >= 0.3 is 0 Å². The third kappa shape index (κ3) is 3.55. The molecule has 0 saturated heterocycles. The van der Waals surface area contributed by atoms with Crippen molar-refractivity contribution in [2.24, 2.45) is 0 Å². The van der Waals surface area contributed by atoms with Gasteiger partial charge in [-0.2, -0.15) is 0 Å². The highest BCUT2D eigenvalue weighted by molar-refractivity contribution is 6.26. The summed E-state index contributed by atoms with van der Waals surface area (Å²) in [5.74, 6) is 0. The van der Waals surface area contributed by atoms with Crippen molar-refractivity contribution in [3.05, 3.63) is 176 Å². The van der Waals surface area contributed by atoms with Crippen molar-refractivity contribution in [2.45, 2.75) is 0 Å². The molecule has 0 unspecified atom stereocenters. The maximum atomic E-state index is 7.30. The Kier molecular flexibility index (Phi) is 5.47. The molecule has 4 heteroatoms. The van der Waals surface area contributed by atoms with Crippen LogP contribution in [-0.2, 0) is 0 Å². The van der Waals surface area contributed by atoms with Gasteiger partial charge in [0, 0.05) is 54.5 Å². The first-order chi connectivity index (χ1) is 25.8. The quantitative estimate of drug-likeness (QED) is 0.185. The molecule has 0 radical (unpaired) electrons. The number of benzene rings is 8. The van der Waals surface area contributed by atoms with Crippen molar-refractivity contribution in [3.8, 4) is 17.1 Å². The minimum absolute atomic E-state index is 0.889. The summed E-state index contributed by atoms with van der Waals surface area (Å²) in [5, 5.41) is 9.42. The minimum Gasteiger partial charge on any atom is -0.452 e. The van der Waals surface area contributed by atoms with Gasteiger partial charge < -0.3 is 18.1 Å². The number of hydrogen-bond acceptors (Lipinski definition) is 1. The van der Waals surface area contributed by atoms with Crippen LogP contribution in [0.3, 0.4) is 0 Å². The summed E-state index contributed by atoms with van der Waals surface area (Å²) in [4.78, 5) is 0. The molecule has 12 rings (SSSR count). The lowest BCUT2D eigenvalue weighted by Crippen LogP contribution is -2.00. The van der Waals surface area contributed by atoms with Crippen LogP contribution in [0.4, 0.5) is 0 Å². The predicted octanol–water partition coefficient (Wildman–Crippen LogP) is 12.9. The molecule has 4 heterocycles. The molecule has 0 atom stereocenters. The number of aromatic nitrogens is 3. The Bertz CT molecular complexity index is 3390. The van der Waals surface area contributed by atoms with Gasteiger partial charge in [-0.3, -0.25) is 0 Å². The van der Waals surface area contributed by atoms with E-state index in [2.05, 4.69) is 190 Å². The maximum Gasteiger partial charge on any atom is 0.160 e. The molecule has 0 N–H and O–H groups in total. The highest BCUT2D eigenvalue weighted by atomic mass is 16.3. The Morgan fingerprint density at radius 3 is 1.19 bits per heavy atom. The van der Waals surface area contributed by atoms with Gasteiger partial charge in [0.15, 0.2) is 11.2 Å². The van der Waals surface area contributed by atoms with Crippen molar-refractivity contribution < 1.29 is 4.42 Å². The first-order valence-electron chi connectivity index (χ1n) is 17.8. The second kappa shape index (κ2) is 10.3. The Balaban J connectivity index is 1.28. The van der Waals surface area contributed by atoms with E-state index in [0.717, 1.165) is 66.6 Å². The normalized spacial score (nSPS) is 12.2. The molecular formula is C48H29N3O. The fourth-order valence-corrected chi connectivity index (χ4v) is 8.91. The van der Waals surface area contributed by atoms with Crippen LogP contribution in [0.25, 0.3) is 104 Å². The predicted molar refractivity (Wildman–Crippen MR) is 217 cm³/mol. The smallest absolute Gasteiger partial charge is 0.160 e. The van der Waals surface area contributed by atoms with Gasteiger partial charge in [-0.1, -0.05) is 115 Å². The molecule has 8 aromatic carbocycles. The van der Waals surface area contributed by atoms with E-state index >= 15 is 0 Å². The first kappa shape index (κ1) is 27.7. The highest BCUT2D eigenvalue weighted by Crippen LogP contribution is 2.45. The van der Waals surface area contributed by atoms with Crippen molar-refractivity contribution >= 4 is 87.4 Å². The zero-order chi connectivity index (χ0) is 33.9. The van der Waals surface area contributed by atoms with Crippen LogP contribution in [0.15, 0.2) is 180 Å². The standard InChI is InChI=1S/C48H29N3O/c1-3-14-30(15-4-1)49-40-22-10-7-18-32(40)35-21-13-25-43(44(35)49)51-42-24-12-9-20-34(42)37-27-29-39-38-28-26-36-33-19-8-11-23-41(33)50(31-16-5-2-6-17-31)45(36)47(38)52-48(39)46(37)51/h1-29H. The molecule has 12 aromatic rings. The summed E-state index contributed by atoms with van der Waals surface area (Å²) in [7, 11) is 0. The lowest BCUT2D eigenvalue weighted by atomic mass is 10.1. The van der Waals surface area contributed by atoms with Crippen LogP contribution in [0.2, 0.25) is 0 Å². The highest BCUT2D eigenvalue weighted by Gasteiger charge is 2.24. The Morgan fingerprint density at radius 2 is 0.654 bits per heavy atom. The number of furan rings is 1. The molecule has 0 amide bonds. The zero-order valence-corrected chi connectivity index (χ0v) is 28.0. The molecule has 0 bridgehead atoms. The Labute approximate surface area is 297 Å². The van der Waals surface area contributed by atoms with Crippen molar-refractivity contribution in [2.75, 3.05) is 0 Å². The third-order valence-corrected chi connectivity index (χ3v) is 11.0. The van der Waals surface area contributed by atoms with E-state index in [-0.39, 0.29) is 0 Å². The van der Waals surface area contributed by atoms with Crippen LogP contribution >= 0.6 is 0 Å². The maximum absolute atomic E-state index is 7.30. The molecule has 0 saturated carbocycles. The molecule has 0 aliphatic rings. The molecule has 0 aliphatic heterocycles. The van der Waals surface area contributed by atoms with Gasteiger partial charge in [0.2, 0.25) is 0 Å². The summed E-state index contributed by atoms with van der Waals surface area (Å²) in [5.41, 5.74) is 12.0. The van der Waals surface area contributed by atoms with E-state index in [1.54, 1.807) is 0 Å². The lowest BCUT2D eigenvalue weighted by Gasteiger charge is -2.14. The van der Waals surface area contributed by atoms with Crippen LogP contribution in [0, 0.1) is 0 Å². The monoisotopic (exact) mass is 663 g/mol. The van der Waals surface area contributed by atoms with E-state index in [9.17, 15) is 0 Å².